The van der Waals surface area contributed by atoms with Gasteiger partial charge in [0.25, 0.3) is 0 Å². The SMILES string of the molecule is CCCC[C@H]1CC[C@H](CC[C@H]2CC[C@H](c3ccc(C(F)(F)Oc4ccc(OC(F)(F)F)cc4)cc3)CC2)CC1. The highest BCUT2D eigenvalue weighted by atomic mass is 19.4. The third kappa shape index (κ3) is 9.11. The van der Waals surface area contributed by atoms with Crippen LogP contribution in [0.2, 0.25) is 0 Å². The van der Waals surface area contributed by atoms with Crippen molar-refractivity contribution in [1.82, 2.24) is 0 Å². The number of ether oxygens (including phenoxy) is 2. The molecule has 0 atom stereocenters. The summed E-state index contributed by atoms with van der Waals surface area (Å²) in [6.07, 6.45) is 8.54. The minimum Gasteiger partial charge on any atom is -0.429 e. The lowest BCUT2D eigenvalue weighted by atomic mass is 9.74. The van der Waals surface area contributed by atoms with E-state index in [0.29, 0.717) is 5.92 Å². The van der Waals surface area contributed by atoms with Crippen molar-refractivity contribution in [2.45, 2.75) is 109 Å². The summed E-state index contributed by atoms with van der Waals surface area (Å²) >= 11 is 0. The van der Waals surface area contributed by atoms with E-state index in [1.54, 1.807) is 12.1 Å². The van der Waals surface area contributed by atoms with Gasteiger partial charge in [-0.2, -0.15) is 8.78 Å². The zero-order valence-electron chi connectivity index (χ0n) is 22.8. The van der Waals surface area contributed by atoms with Crippen molar-refractivity contribution < 1.29 is 31.4 Å². The number of hydrogen-bond donors (Lipinski definition) is 0. The quantitative estimate of drug-likeness (QED) is 0.258. The fourth-order valence-corrected chi connectivity index (χ4v) is 6.42. The molecule has 2 fully saturated rings. The Morgan fingerprint density at radius 1 is 0.615 bits per heavy atom. The van der Waals surface area contributed by atoms with Gasteiger partial charge in [0, 0.05) is 0 Å². The van der Waals surface area contributed by atoms with Crippen molar-refractivity contribution in [3.8, 4) is 11.5 Å². The van der Waals surface area contributed by atoms with Crippen molar-refractivity contribution in [3.63, 3.8) is 0 Å². The lowest BCUT2D eigenvalue weighted by Gasteiger charge is -2.32. The maximum Gasteiger partial charge on any atom is 0.573 e. The van der Waals surface area contributed by atoms with Gasteiger partial charge in [-0.05, 0) is 91.3 Å². The zero-order chi connectivity index (χ0) is 27.9. The number of rotatable bonds is 11. The van der Waals surface area contributed by atoms with Gasteiger partial charge in [-0.3, -0.25) is 0 Å². The van der Waals surface area contributed by atoms with Crippen LogP contribution in [0.3, 0.4) is 0 Å². The predicted molar refractivity (Wildman–Crippen MR) is 143 cm³/mol. The van der Waals surface area contributed by atoms with Gasteiger partial charge < -0.3 is 9.47 Å². The molecule has 2 saturated carbocycles. The Bertz CT molecular complexity index is 987. The third-order valence-corrected chi connectivity index (χ3v) is 8.78. The van der Waals surface area contributed by atoms with E-state index < -0.39 is 18.2 Å². The van der Waals surface area contributed by atoms with E-state index in [-0.39, 0.29) is 11.3 Å². The fourth-order valence-electron chi connectivity index (χ4n) is 6.42. The van der Waals surface area contributed by atoms with Crippen LogP contribution in [0.1, 0.15) is 107 Å². The highest BCUT2D eigenvalue weighted by Gasteiger charge is 2.35. The summed E-state index contributed by atoms with van der Waals surface area (Å²) in [5.41, 5.74) is 0.784. The molecule has 2 nitrogen and oxygen atoms in total. The molecule has 7 heteroatoms. The summed E-state index contributed by atoms with van der Waals surface area (Å²) in [4.78, 5) is 0. The molecule has 0 aromatic heterocycles. The first-order valence-electron chi connectivity index (χ1n) is 14.6. The molecule has 2 aromatic carbocycles. The van der Waals surface area contributed by atoms with E-state index >= 15 is 0 Å². The maximum atomic E-state index is 14.7. The molecule has 0 spiro atoms. The standard InChI is InChI=1S/C32H41F5O2/c1-2-3-4-23-5-7-24(8-6-23)9-10-25-11-13-26(14-12-25)27-15-17-28(18-16-27)31(33,34)38-29-19-21-30(22-20-29)39-32(35,36)37/h15-26H,2-14H2,1H3/t23-,24-,25-,26-. The van der Waals surface area contributed by atoms with E-state index in [1.165, 1.54) is 82.8 Å². The lowest BCUT2D eigenvalue weighted by molar-refractivity contribution is -0.274. The Hall–Kier alpha value is -2.31. The summed E-state index contributed by atoms with van der Waals surface area (Å²) in [5.74, 6) is 2.29. The molecule has 0 radical (unpaired) electrons. The molecule has 0 amide bonds. The smallest absolute Gasteiger partial charge is 0.429 e. The third-order valence-electron chi connectivity index (χ3n) is 8.78. The van der Waals surface area contributed by atoms with E-state index in [9.17, 15) is 22.0 Å². The van der Waals surface area contributed by atoms with Gasteiger partial charge in [-0.25, -0.2) is 0 Å². The molecular weight excluding hydrogens is 511 g/mol. The second-order valence-electron chi connectivity index (χ2n) is 11.6. The molecule has 39 heavy (non-hydrogen) atoms. The summed E-state index contributed by atoms with van der Waals surface area (Å²) in [6.45, 7) is 2.28. The average molecular weight is 553 g/mol. The molecule has 216 valence electrons. The van der Waals surface area contributed by atoms with Gasteiger partial charge in [0.15, 0.2) is 0 Å². The van der Waals surface area contributed by atoms with Gasteiger partial charge in [0.1, 0.15) is 11.5 Å². The molecule has 2 aromatic rings. The van der Waals surface area contributed by atoms with E-state index in [0.717, 1.165) is 60.4 Å². The van der Waals surface area contributed by atoms with Crippen LogP contribution in [0.4, 0.5) is 22.0 Å². The molecule has 2 aliphatic rings. The van der Waals surface area contributed by atoms with Crippen molar-refractivity contribution in [1.29, 1.82) is 0 Å². The largest absolute Gasteiger partial charge is 0.573 e. The number of unbranched alkanes of at least 4 members (excludes halogenated alkanes) is 1. The molecule has 0 aliphatic heterocycles. The highest BCUT2D eigenvalue weighted by molar-refractivity contribution is 5.33. The molecule has 2 aliphatic carbocycles. The first kappa shape index (κ1) is 29.7. The van der Waals surface area contributed by atoms with Crippen molar-refractivity contribution >= 4 is 0 Å². The van der Waals surface area contributed by atoms with E-state index in [4.69, 9.17) is 4.74 Å². The van der Waals surface area contributed by atoms with Gasteiger partial charge >= 0.3 is 12.5 Å². The Balaban J connectivity index is 1.20. The normalized spacial score (nSPS) is 24.4. The van der Waals surface area contributed by atoms with Crippen LogP contribution in [-0.2, 0) is 6.11 Å². The molecule has 0 heterocycles. The summed E-state index contributed by atoms with van der Waals surface area (Å²) in [6, 6.07) is 10.2. The molecular formula is C32H41F5O2. The van der Waals surface area contributed by atoms with Crippen LogP contribution in [0.25, 0.3) is 0 Å². The van der Waals surface area contributed by atoms with Crippen molar-refractivity contribution in [3.05, 3.63) is 59.7 Å². The topological polar surface area (TPSA) is 18.5 Å². The summed E-state index contributed by atoms with van der Waals surface area (Å²) in [5, 5.41) is 0. The van der Waals surface area contributed by atoms with Gasteiger partial charge in [0.05, 0.1) is 5.56 Å². The summed E-state index contributed by atoms with van der Waals surface area (Å²) < 4.78 is 74.9. The van der Waals surface area contributed by atoms with E-state index in [2.05, 4.69) is 11.7 Å². The predicted octanol–water partition coefficient (Wildman–Crippen LogP) is 10.8. The number of benzene rings is 2. The van der Waals surface area contributed by atoms with E-state index in [1.807, 2.05) is 0 Å². The number of hydrogen-bond acceptors (Lipinski definition) is 2. The molecule has 0 bridgehead atoms. The van der Waals surface area contributed by atoms with Crippen LogP contribution in [0.5, 0.6) is 11.5 Å². The molecule has 0 N–H and O–H groups in total. The molecule has 0 saturated heterocycles. The maximum absolute atomic E-state index is 14.7. The Morgan fingerprint density at radius 2 is 1.08 bits per heavy atom. The monoisotopic (exact) mass is 552 g/mol. The van der Waals surface area contributed by atoms with Crippen molar-refractivity contribution in [2.75, 3.05) is 0 Å². The molecule has 4 rings (SSSR count). The highest BCUT2D eigenvalue weighted by Crippen LogP contribution is 2.41. The Kier molecular flexibility index (Phi) is 10.2. The van der Waals surface area contributed by atoms with Crippen LogP contribution in [0, 0.1) is 17.8 Å². The van der Waals surface area contributed by atoms with Gasteiger partial charge in [-0.15, -0.1) is 13.2 Å². The van der Waals surface area contributed by atoms with Crippen LogP contribution in [0.15, 0.2) is 48.5 Å². The molecule has 0 unspecified atom stereocenters. The Morgan fingerprint density at radius 3 is 1.56 bits per heavy atom. The van der Waals surface area contributed by atoms with Crippen molar-refractivity contribution in [2.24, 2.45) is 17.8 Å². The van der Waals surface area contributed by atoms with Crippen LogP contribution < -0.4 is 9.47 Å². The van der Waals surface area contributed by atoms with Gasteiger partial charge in [-0.1, -0.05) is 76.8 Å². The fraction of sp³-hybridized carbons (Fsp3) is 0.625. The second-order valence-corrected chi connectivity index (χ2v) is 11.6. The first-order chi connectivity index (χ1) is 18.6. The number of halogens is 5. The minimum absolute atomic E-state index is 0.249. The zero-order valence-corrected chi connectivity index (χ0v) is 22.8. The second kappa shape index (κ2) is 13.4. The number of alkyl halides is 5. The average Bonchev–Trinajstić information content (AvgIpc) is 2.92. The van der Waals surface area contributed by atoms with Crippen LogP contribution >= 0.6 is 0 Å². The van der Waals surface area contributed by atoms with Gasteiger partial charge in [0.2, 0.25) is 0 Å². The Labute approximate surface area is 229 Å². The lowest BCUT2D eigenvalue weighted by Crippen LogP contribution is -2.22. The van der Waals surface area contributed by atoms with Crippen LogP contribution in [-0.4, -0.2) is 6.36 Å². The minimum atomic E-state index is -4.85. The first-order valence-corrected chi connectivity index (χ1v) is 14.6. The summed E-state index contributed by atoms with van der Waals surface area (Å²) in [7, 11) is 0.